The van der Waals surface area contributed by atoms with Crippen molar-refractivity contribution in [1.82, 2.24) is 15.1 Å². The minimum absolute atomic E-state index is 0.0271. The van der Waals surface area contributed by atoms with Gasteiger partial charge in [-0.2, -0.15) is 5.10 Å². The zero-order valence-electron chi connectivity index (χ0n) is 13.3. The van der Waals surface area contributed by atoms with Gasteiger partial charge in [0, 0.05) is 12.1 Å². The number of hydrogen-bond donors (Lipinski definition) is 3. The third-order valence-electron chi connectivity index (χ3n) is 4.40. The Bertz CT molecular complexity index is 457. The van der Waals surface area contributed by atoms with Crippen molar-refractivity contribution in [1.29, 1.82) is 0 Å². The summed E-state index contributed by atoms with van der Waals surface area (Å²) in [5, 5.41) is 9.96. The molecule has 6 heteroatoms. The van der Waals surface area contributed by atoms with Gasteiger partial charge in [0.05, 0.1) is 23.6 Å². The predicted octanol–water partition coefficient (Wildman–Crippen LogP) is 1.56. The number of nitrogens with one attached hydrogen (secondary N) is 2. The molecule has 0 unspecified atom stereocenters. The van der Waals surface area contributed by atoms with Crippen LogP contribution in [0.25, 0.3) is 0 Å². The van der Waals surface area contributed by atoms with Gasteiger partial charge in [-0.3, -0.25) is 14.8 Å². The zero-order valence-corrected chi connectivity index (χ0v) is 13.3. The number of aryl methyl sites for hydroxylation is 2. The van der Waals surface area contributed by atoms with Crippen molar-refractivity contribution in [2.24, 2.45) is 5.73 Å². The Morgan fingerprint density at radius 3 is 2.57 bits per heavy atom. The van der Waals surface area contributed by atoms with E-state index in [0.717, 1.165) is 49.3 Å². The number of hydrogen-bond acceptors (Lipinski definition) is 4. The Kier molecular flexibility index (Phi) is 5.36. The van der Waals surface area contributed by atoms with E-state index in [1.54, 1.807) is 0 Å². The van der Waals surface area contributed by atoms with Crippen molar-refractivity contribution in [3.63, 3.8) is 0 Å². The number of carbonyl (C=O) groups excluding carboxylic acids is 1. The molecule has 118 valence electrons. The smallest absolute Gasteiger partial charge is 0.238 e. The Morgan fingerprint density at radius 1 is 1.38 bits per heavy atom. The Labute approximate surface area is 126 Å². The normalized spacial score (nSPS) is 22.5. The van der Waals surface area contributed by atoms with Gasteiger partial charge in [0.15, 0.2) is 0 Å². The summed E-state index contributed by atoms with van der Waals surface area (Å²) in [5.41, 5.74) is 8.48. The van der Waals surface area contributed by atoms with Crippen LogP contribution in [0.1, 0.15) is 44.0 Å². The summed E-state index contributed by atoms with van der Waals surface area (Å²) < 4.78 is 0. The summed E-state index contributed by atoms with van der Waals surface area (Å²) in [7, 11) is 0. The number of anilines is 1. The van der Waals surface area contributed by atoms with Crippen LogP contribution in [-0.4, -0.2) is 46.2 Å². The summed E-state index contributed by atoms with van der Waals surface area (Å²) in [6.07, 6.45) is 4.30. The third kappa shape index (κ3) is 4.04. The van der Waals surface area contributed by atoms with Gasteiger partial charge in [-0.05, 0) is 46.1 Å². The summed E-state index contributed by atoms with van der Waals surface area (Å²) in [4.78, 5) is 14.5. The molecule has 1 amide bonds. The first-order valence-electron chi connectivity index (χ1n) is 7.82. The van der Waals surface area contributed by atoms with Crippen molar-refractivity contribution in [3.05, 3.63) is 11.4 Å². The van der Waals surface area contributed by atoms with Crippen LogP contribution in [-0.2, 0) is 4.79 Å². The Hall–Kier alpha value is -1.40. The lowest BCUT2D eigenvalue weighted by atomic mass is 9.91. The highest BCUT2D eigenvalue weighted by molar-refractivity contribution is 5.93. The largest absolute Gasteiger partial charge is 0.328 e. The van der Waals surface area contributed by atoms with E-state index in [9.17, 15) is 4.79 Å². The molecule has 1 aliphatic rings. The Morgan fingerprint density at radius 2 is 2.05 bits per heavy atom. The lowest BCUT2D eigenvalue weighted by Gasteiger charge is -2.34. The maximum atomic E-state index is 12.3. The molecule has 0 aromatic carbocycles. The number of nitrogens with zero attached hydrogens (tertiary/aromatic N) is 2. The van der Waals surface area contributed by atoms with E-state index in [1.165, 1.54) is 0 Å². The van der Waals surface area contributed by atoms with Crippen molar-refractivity contribution in [2.45, 2.75) is 58.5 Å². The van der Waals surface area contributed by atoms with E-state index in [4.69, 9.17) is 5.73 Å². The average molecular weight is 293 g/mol. The second kappa shape index (κ2) is 7.04. The molecule has 6 nitrogen and oxygen atoms in total. The number of likely N-dealkylation sites (N-methyl/N-ethyl adjacent to an activating group) is 1. The van der Waals surface area contributed by atoms with Gasteiger partial charge in [-0.25, -0.2) is 0 Å². The van der Waals surface area contributed by atoms with Crippen molar-refractivity contribution in [2.75, 3.05) is 18.4 Å². The van der Waals surface area contributed by atoms with Gasteiger partial charge >= 0.3 is 0 Å². The van der Waals surface area contributed by atoms with Crippen LogP contribution < -0.4 is 11.1 Å². The van der Waals surface area contributed by atoms with Gasteiger partial charge in [0.2, 0.25) is 5.91 Å². The van der Waals surface area contributed by atoms with E-state index in [2.05, 4.69) is 27.3 Å². The fourth-order valence-electron chi connectivity index (χ4n) is 3.06. The van der Waals surface area contributed by atoms with Gasteiger partial charge in [-0.1, -0.05) is 6.92 Å². The summed E-state index contributed by atoms with van der Waals surface area (Å²) in [6.45, 7) is 7.22. The van der Waals surface area contributed by atoms with Crippen LogP contribution in [0.2, 0.25) is 0 Å². The molecule has 1 aromatic rings. The highest BCUT2D eigenvalue weighted by Crippen LogP contribution is 2.22. The lowest BCUT2D eigenvalue weighted by molar-refractivity contribution is -0.118. The van der Waals surface area contributed by atoms with Crippen molar-refractivity contribution < 1.29 is 4.79 Å². The molecule has 0 aliphatic heterocycles. The molecule has 1 aliphatic carbocycles. The molecule has 0 spiro atoms. The van der Waals surface area contributed by atoms with E-state index >= 15 is 0 Å². The van der Waals surface area contributed by atoms with Crippen LogP contribution >= 0.6 is 0 Å². The van der Waals surface area contributed by atoms with Gasteiger partial charge < -0.3 is 11.1 Å². The minimum atomic E-state index is 0.0271. The van der Waals surface area contributed by atoms with Crippen LogP contribution in [0, 0.1) is 13.8 Å². The monoisotopic (exact) mass is 293 g/mol. The molecular weight excluding hydrogens is 266 g/mol. The molecule has 1 aromatic heterocycles. The number of carbonyl (C=O) groups is 1. The second-order valence-corrected chi connectivity index (χ2v) is 5.99. The molecule has 1 heterocycles. The lowest BCUT2D eigenvalue weighted by Crippen LogP contribution is -2.44. The molecule has 2 rings (SSSR count). The fourth-order valence-corrected chi connectivity index (χ4v) is 3.06. The SMILES string of the molecule is CCN(CC(=O)Nc1c(C)n[nH]c1C)C1CCC(N)CC1. The highest BCUT2D eigenvalue weighted by atomic mass is 16.2. The number of rotatable bonds is 5. The summed E-state index contributed by atoms with van der Waals surface area (Å²) in [6, 6.07) is 0.817. The van der Waals surface area contributed by atoms with E-state index < -0.39 is 0 Å². The maximum Gasteiger partial charge on any atom is 0.238 e. The van der Waals surface area contributed by atoms with Crippen molar-refractivity contribution >= 4 is 11.6 Å². The molecule has 21 heavy (non-hydrogen) atoms. The molecule has 0 radical (unpaired) electrons. The van der Waals surface area contributed by atoms with Crippen LogP contribution in [0.4, 0.5) is 5.69 Å². The maximum absolute atomic E-state index is 12.3. The van der Waals surface area contributed by atoms with E-state index in [-0.39, 0.29) is 5.91 Å². The van der Waals surface area contributed by atoms with E-state index in [0.29, 0.717) is 18.6 Å². The molecule has 1 saturated carbocycles. The Balaban J connectivity index is 1.91. The molecule has 0 atom stereocenters. The standard InChI is InChI=1S/C15H27N5O/c1-4-20(13-7-5-12(16)6-8-13)9-14(21)17-15-10(2)18-19-11(15)3/h12-13H,4-9,16H2,1-3H3,(H,17,21)(H,18,19). The quantitative estimate of drug-likeness (QED) is 0.769. The highest BCUT2D eigenvalue weighted by Gasteiger charge is 2.25. The zero-order chi connectivity index (χ0) is 15.4. The van der Waals surface area contributed by atoms with Crippen LogP contribution in [0.3, 0.4) is 0 Å². The molecule has 0 bridgehead atoms. The summed E-state index contributed by atoms with van der Waals surface area (Å²) in [5.74, 6) is 0.0271. The number of H-pyrrole nitrogens is 1. The average Bonchev–Trinajstić information content (AvgIpc) is 2.78. The molecule has 1 fully saturated rings. The second-order valence-electron chi connectivity index (χ2n) is 5.99. The van der Waals surface area contributed by atoms with Gasteiger partial charge in [0.25, 0.3) is 0 Å². The molecule has 4 N–H and O–H groups in total. The summed E-state index contributed by atoms with van der Waals surface area (Å²) >= 11 is 0. The topological polar surface area (TPSA) is 87.0 Å². The number of aromatic amines is 1. The first-order valence-corrected chi connectivity index (χ1v) is 7.82. The molecule has 0 saturated heterocycles. The first-order chi connectivity index (χ1) is 10.0. The van der Waals surface area contributed by atoms with Crippen LogP contribution in [0.5, 0.6) is 0 Å². The van der Waals surface area contributed by atoms with Crippen molar-refractivity contribution in [3.8, 4) is 0 Å². The fraction of sp³-hybridized carbons (Fsp3) is 0.733. The van der Waals surface area contributed by atoms with Gasteiger partial charge in [0.1, 0.15) is 0 Å². The number of aromatic nitrogens is 2. The van der Waals surface area contributed by atoms with Gasteiger partial charge in [-0.15, -0.1) is 0 Å². The predicted molar refractivity (Wildman–Crippen MR) is 84.2 cm³/mol. The first kappa shape index (κ1) is 16.0. The van der Waals surface area contributed by atoms with E-state index in [1.807, 2.05) is 13.8 Å². The number of nitrogens with two attached hydrogens (primary N) is 1. The minimum Gasteiger partial charge on any atom is -0.328 e. The number of amides is 1. The molecular formula is C15H27N5O. The third-order valence-corrected chi connectivity index (χ3v) is 4.40. The van der Waals surface area contributed by atoms with Crippen LogP contribution in [0.15, 0.2) is 0 Å².